The van der Waals surface area contributed by atoms with Gasteiger partial charge in [0, 0.05) is 12.1 Å². The summed E-state index contributed by atoms with van der Waals surface area (Å²) < 4.78 is 18.7. The maximum absolute atomic E-state index is 13.3. The van der Waals surface area contributed by atoms with E-state index in [-0.39, 0.29) is 11.2 Å². The normalized spacial score (nSPS) is 17.2. The predicted octanol–water partition coefficient (Wildman–Crippen LogP) is 2.56. The molecule has 5 heteroatoms. The molecule has 0 saturated heterocycles. The van der Waals surface area contributed by atoms with Crippen LogP contribution >= 0.6 is 0 Å². The van der Waals surface area contributed by atoms with Gasteiger partial charge in [-0.15, -0.1) is 0 Å². The summed E-state index contributed by atoms with van der Waals surface area (Å²) in [5, 5.41) is 3.98. The zero-order valence-corrected chi connectivity index (χ0v) is 10.8. The van der Waals surface area contributed by atoms with E-state index in [1.165, 1.54) is 12.1 Å². The van der Waals surface area contributed by atoms with E-state index >= 15 is 0 Å². The zero-order valence-electron chi connectivity index (χ0n) is 10.8. The minimum atomic E-state index is -0.302. The Kier molecular flexibility index (Phi) is 2.86. The lowest BCUT2D eigenvalue weighted by Crippen LogP contribution is -2.41. The van der Waals surface area contributed by atoms with Gasteiger partial charge in [0.05, 0.1) is 5.41 Å². The molecule has 100 valence electrons. The summed E-state index contributed by atoms with van der Waals surface area (Å²) in [6.07, 6.45) is 3.09. The number of nitrogens with zero attached hydrogens (tertiary/aromatic N) is 2. The highest BCUT2D eigenvalue weighted by Crippen LogP contribution is 2.42. The van der Waals surface area contributed by atoms with E-state index < -0.39 is 0 Å². The maximum atomic E-state index is 13.3. The summed E-state index contributed by atoms with van der Waals surface area (Å²) in [6.45, 7) is 2.41. The molecule has 19 heavy (non-hydrogen) atoms. The first-order valence-electron chi connectivity index (χ1n) is 6.45. The van der Waals surface area contributed by atoms with Crippen LogP contribution in [0.5, 0.6) is 0 Å². The number of benzene rings is 1. The van der Waals surface area contributed by atoms with Gasteiger partial charge in [0.1, 0.15) is 5.82 Å². The van der Waals surface area contributed by atoms with Gasteiger partial charge in [-0.3, -0.25) is 0 Å². The van der Waals surface area contributed by atoms with Crippen LogP contribution in [0.1, 0.15) is 30.7 Å². The molecule has 4 nitrogen and oxygen atoms in total. The molecule has 1 aliphatic rings. The molecular formula is C14H16FN3O. The van der Waals surface area contributed by atoms with Crippen LogP contribution in [0.4, 0.5) is 4.39 Å². The molecule has 0 unspecified atom stereocenters. The van der Waals surface area contributed by atoms with Crippen LogP contribution in [0.25, 0.3) is 11.4 Å². The average molecular weight is 261 g/mol. The van der Waals surface area contributed by atoms with Crippen molar-refractivity contribution in [2.45, 2.75) is 31.6 Å². The fourth-order valence-corrected chi connectivity index (χ4v) is 2.49. The topological polar surface area (TPSA) is 64.9 Å². The van der Waals surface area contributed by atoms with Crippen molar-refractivity contribution < 1.29 is 8.91 Å². The third-order valence-electron chi connectivity index (χ3n) is 4.02. The molecular weight excluding hydrogens is 245 g/mol. The molecule has 1 fully saturated rings. The van der Waals surface area contributed by atoms with Crippen molar-refractivity contribution in [2.75, 3.05) is 6.54 Å². The molecule has 1 saturated carbocycles. The van der Waals surface area contributed by atoms with Gasteiger partial charge < -0.3 is 10.3 Å². The Labute approximate surface area is 110 Å². The smallest absolute Gasteiger partial charge is 0.234 e. The second-order valence-corrected chi connectivity index (χ2v) is 5.22. The summed E-state index contributed by atoms with van der Waals surface area (Å²) in [5.41, 5.74) is 7.24. The van der Waals surface area contributed by atoms with Crippen LogP contribution in [-0.2, 0) is 5.41 Å². The Bertz CT molecular complexity index is 599. The van der Waals surface area contributed by atoms with Crippen LogP contribution in [0, 0.1) is 12.7 Å². The van der Waals surface area contributed by atoms with Crippen molar-refractivity contribution in [3.8, 4) is 11.4 Å². The Balaban J connectivity index is 1.99. The van der Waals surface area contributed by atoms with Crippen molar-refractivity contribution in [3.63, 3.8) is 0 Å². The zero-order chi connectivity index (χ0) is 13.5. The van der Waals surface area contributed by atoms with Crippen molar-refractivity contribution in [2.24, 2.45) is 5.73 Å². The molecule has 1 heterocycles. The Hall–Kier alpha value is -1.75. The van der Waals surface area contributed by atoms with Crippen LogP contribution in [0.15, 0.2) is 22.7 Å². The van der Waals surface area contributed by atoms with Gasteiger partial charge in [-0.05, 0) is 37.5 Å². The molecule has 0 aliphatic heterocycles. The van der Waals surface area contributed by atoms with E-state index in [1.54, 1.807) is 6.07 Å². The van der Waals surface area contributed by atoms with E-state index in [0.29, 0.717) is 23.8 Å². The predicted molar refractivity (Wildman–Crippen MR) is 69.0 cm³/mol. The minimum absolute atomic E-state index is 0.160. The van der Waals surface area contributed by atoms with Gasteiger partial charge in [0.15, 0.2) is 0 Å². The molecule has 0 spiro atoms. The number of hydrogen-bond donors (Lipinski definition) is 1. The van der Waals surface area contributed by atoms with Crippen LogP contribution in [-0.4, -0.2) is 16.7 Å². The Morgan fingerprint density at radius 3 is 2.84 bits per heavy atom. The van der Waals surface area contributed by atoms with Gasteiger partial charge in [-0.25, -0.2) is 4.39 Å². The first-order valence-corrected chi connectivity index (χ1v) is 6.45. The standard InChI is InChI=1S/C14H16FN3O/c1-9-3-4-10(15)7-11(9)12-17-13(19-18-12)14(8-16)5-2-6-14/h3-4,7H,2,5-6,8,16H2,1H3. The van der Waals surface area contributed by atoms with E-state index in [1.807, 2.05) is 6.92 Å². The second-order valence-electron chi connectivity index (χ2n) is 5.22. The van der Waals surface area contributed by atoms with Gasteiger partial charge in [-0.2, -0.15) is 4.98 Å². The number of hydrogen-bond acceptors (Lipinski definition) is 4. The molecule has 1 aromatic heterocycles. The van der Waals surface area contributed by atoms with Gasteiger partial charge in [-0.1, -0.05) is 17.6 Å². The van der Waals surface area contributed by atoms with Gasteiger partial charge in [0.25, 0.3) is 0 Å². The molecule has 2 N–H and O–H groups in total. The lowest BCUT2D eigenvalue weighted by molar-refractivity contribution is 0.182. The van der Waals surface area contributed by atoms with Crippen LogP contribution in [0.3, 0.4) is 0 Å². The molecule has 1 aliphatic carbocycles. The Morgan fingerprint density at radius 1 is 1.42 bits per heavy atom. The SMILES string of the molecule is Cc1ccc(F)cc1-c1noc(C2(CN)CCC2)n1. The molecule has 1 aromatic carbocycles. The number of aromatic nitrogens is 2. The summed E-state index contributed by atoms with van der Waals surface area (Å²) in [6, 6.07) is 4.57. The molecule has 0 atom stereocenters. The van der Waals surface area contributed by atoms with Gasteiger partial charge >= 0.3 is 0 Å². The number of nitrogens with two attached hydrogens (primary N) is 1. The van der Waals surface area contributed by atoms with Gasteiger partial charge in [0.2, 0.25) is 11.7 Å². The monoisotopic (exact) mass is 261 g/mol. The fourth-order valence-electron chi connectivity index (χ4n) is 2.49. The largest absolute Gasteiger partial charge is 0.338 e. The van der Waals surface area contributed by atoms with Crippen LogP contribution in [0.2, 0.25) is 0 Å². The number of halogens is 1. The number of aryl methyl sites for hydroxylation is 1. The van der Waals surface area contributed by atoms with E-state index in [4.69, 9.17) is 10.3 Å². The summed E-state index contributed by atoms with van der Waals surface area (Å²) in [4.78, 5) is 4.42. The highest BCUT2D eigenvalue weighted by atomic mass is 19.1. The van der Waals surface area contributed by atoms with Crippen molar-refractivity contribution in [1.29, 1.82) is 0 Å². The average Bonchev–Trinajstić information content (AvgIpc) is 2.81. The highest BCUT2D eigenvalue weighted by molar-refractivity contribution is 5.59. The lowest BCUT2D eigenvalue weighted by atomic mass is 9.69. The first kappa shape index (κ1) is 12.3. The molecule has 0 bridgehead atoms. The minimum Gasteiger partial charge on any atom is -0.338 e. The Morgan fingerprint density at radius 2 is 2.21 bits per heavy atom. The molecule has 0 amide bonds. The molecule has 2 aromatic rings. The summed E-state index contributed by atoms with van der Waals surface area (Å²) in [5.74, 6) is 0.718. The highest BCUT2D eigenvalue weighted by Gasteiger charge is 2.42. The molecule has 3 rings (SSSR count). The van der Waals surface area contributed by atoms with Crippen LogP contribution < -0.4 is 5.73 Å². The fraction of sp³-hybridized carbons (Fsp3) is 0.429. The summed E-state index contributed by atoms with van der Waals surface area (Å²) in [7, 11) is 0. The van der Waals surface area contributed by atoms with E-state index in [0.717, 1.165) is 24.8 Å². The second kappa shape index (κ2) is 4.42. The first-order chi connectivity index (χ1) is 9.14. The molecule has 0 radical (unpaired) electrons. The maximum Gasteiger partial charge on any atom is 0.234 e. The van der Waals surface area contributed by atoms with Crippen molar-refractivity contribution in [3.05, 3.63) is 35.5 Å². The lowest BCUT2D eigenvalue weighted by Gasteiger charge is -2.36. The van der Waals surface area contributed by atoms with E-state index in [9.17, 15) is 4.39 Å². The van der Waals surface area contributed by atoms with E-state index in [2.05, 4.69) is 10.1 Å². The quantitative estimate of drug-likeness (QED) is 0.922. The number of rotatable bonds is 3. The summed E-state index contributed by atoms with van der Waals surface area (Å²) >= 11 is 0. The van der Waals surface area contributed by atoms with Crippen molar-refractivity contribution in [1.82, 2.24) is 10.1 Å². The van der Waals surface area contributed by atoms with Crippen molar-refractivity contribution >= 4 is 0 Å². The third-order valence-corrected chi connectivity index (χ3v) is 4.02. The third kappa shape index (κ3) is 1.94.